The van der Waals surface area contributed by atoms with Gasteiger partial charge in [0.1, 0.15) is 6.61 Å². The van der Waals surface area contributed by atoms with E-state index >= 15 is 0 Å². The molecule has 0 aliphatic heterocycles. The molecule has 0 saturated carbocycles. The van der Waals surface area contributed by atoms with E-state index in [2.05, 4.69) is 0 Å². The SMILES string of the molecule is CCOC(=O)c1ccccc1C(=O)OCC(c1ccccc1)(c1ccccc1)c1ccccc1. The first kappa shape index (κ1) is 23.0. The van der Waals surface area contributed by atoms with Gasteiger partial charge in [0.2, 0.25) is 0 Å². The molecule has 4 rings (SSSR count). The second-order valence-electron chi connectivity index (χ2n) is 7.85. The van der Waals surface area contributed by atoms with Crippen LogP contribution < -0.4 is 0 Å². The van der Waals surface area contributed by atoms with Gasteiger partial charge in [-0.25, -0.2) is 9.59 Å². The number of hydrogen-bond donors (Lipinski definition) is 0. The number of carbonyl (C=O) groups is 2. The van der Waals surface area contributed by atoms with Crippen molar-refractivity contribution in [2.45, 2.75) is 12.3 Å². The van der Waals surface area contributed by atoms with Crippen LogP contribution in [0.3, 0.4) is 0 Å². The van der Waals surface area contributed by atoms with Crippen LogP contribution in [0, 0.1) is 0 Å². The van der Waals surface area contributed by atoms with Gasteiger partial charge in [-0.3, -0.25) is 0 Å². The summed E-state index contributed by atoms with van der Waals surface area (Å²) >= 11 is 0. The van der Waals surface area contributed by atoms with Gasteiger partial charge in [-0.05, 0) is 35.7 Å². The maximum Gasteiger partial charge on any atom is 0.339 e. The number of esters is 2. The third-order valence-corrected chi connectivity index (χ3v) is 5.86. The van der Waals surface area contributed by atoms with Crippen molar-refractivity contribution in [1.29, 1.82) is 0 Å². The molecule has 0 fully saturated rings. The Hall–Kier alpha value is -4.18. The maximum absolute atomic E-state index is 13.3. The molecule has 0 radical (unpaired) electrons. The molecule has 0 aromatic heterocycles. The minimum absolute atomic E-state index is 0.0566. The van der Waals surface area contributed by atoms with Gasteiger partial charge in [0.15, 0.2) is 0 Å². The van der Waals surface area contributed by atoms with E-state index in [1.165, 1.54) is 0 Å². The Morgan fingerprint density at radius 2 is 0.912 bits per heavy atom. The van der Waals surface area contributed by atoms with E-state index in [-0.39, 0.29) is 24.3 Å². The molecule has 0 aliphatic carbocycles. The van der Waals surface area contributed by atoms with Crippen molar-refractivity contribution in [3.63, 3.8) is 0 Å². The number of hydrogen-bond acceptors (Lipinski definition) is 4. The largest absolute Gasteiger partial charge is 0.462 e. The Labute approximate surface area is 199 Å². The van der Waals surface area contributed by atoms with Crippen LogP contribution in [0.2, 0.25) is 0 Å². The highest BCUT2D eigenvalue weighted by atomic mass is 16.5. The van der Waals surface area contributed by atoms with Gasteiger partial charge in [0.05, 0.1) is 23.1 Å². The zero-order valence-corrected chi connectivity index (χ0v) is 19.0. The Morgan fingerprint density at radius 3 is 1.29 bits per heavy atom. The number of ether oxygens (including phenoxy) is 2. The molecule has 4 nitrogen and oxygen atoms in total. The Kier molecular flexibility index (Phi) is 7.19. The average molecular weight is 451 g/mol. The number of benzene rings is 4. The summed E-state index contributed by atoms with van der Waals surface area (Å²) in [7, 11) is 0. The van der Waals surface area contributed by atoms with Crippen molar-refractivity contribution in [3.05, 3.63) is 143 Å². The molecular weight excluding hydrogens is 424 g/mol. The molecule has 4 heteroatoms. The summed E-state index contributed by atoms with van der Waals surface area (Å²) in [6.45, 7) is 2.01. The highest BCUT2D eigenvalue weighted by molar-refractivity contribution is 6.03. The predicted molar refractivity (Wildman–Crippen MR) is 132 cm³/mol. The van der Waals surface area contributed by atoms with E-state index in [1.54, 1.807) is 31.2 Å². The summed E-state index contributed by atoms with van der Waals surface area (Å²) < 4.78 is 11.1. The summed E-state index contributed by atoms with van der Waals surface area (Å²) in [5.74, 6) is -1.12. The highest BCUT2D eigenvalue weighted by Gasteiger charge is 2.38. The fraction of sp³-hybridized carbons (Fsp3) is 0.133. The molecule has 4 aromatic carbocycles. The van der Waals surface area contributed by atoms with Crippen molar-refractivity contribution >= 4 is 11.9 Å². The zero-order chi connectivity index (χ0) is 23.8. The van der Waals surface area contributed by atoms with Crippen LogP contribution in [0.5, 0.6) is 0 Å². The first-order chi connectivity index (χ1) is 16.7. The van der Waals surface area contributed by atoms with E-state index in [0.29, 0.717) is 0 Å². The molecule has 0 bridgehead atoms. The summed E-state index contributed by atoms with van der Waals surface area (Å²) in [6, 6.07) is 36.6. The molecule has 0 unspecified atom stereocenters. The van der Waals surface area contributed by atoms with Crippen LogP contribution >= 0.6 is 0 Å². The van der Waals surface area contributed by atoms with E-state index < -0.39 is 17.4 Å². The molecule has 0 spiro atoms. The van der Waals surface area contributed by atoms with Gasteiger partial charge in [-0.2, -0.15) is 0 Å². The van der Waals surface area contributed by atoms with E-state index in [4.69, 9.17) is 9.47 Å². The van der Waals surface area contributed by atoms with Gasteiger partial charge in [0, 0.05) is 0 Å². The molecule has 4 aromatic rings. The lowest BCUT2D eigenvalue weighted by Crippen LogP contribution is -2.36. The van der Waals surface area contributed by atoms with Gasteiger partial charge in [0.25, 0.3) is 0 Å². The predicted octanol–water partition coefficient (Wildman–Crippen LogP) is 6.05. The van der Waals surface area contributed by atoms with E-state index in [1.807, 2.05) is 91.0 Å². The summed E-state index contributed by atoms with van der Waals surface area (Å²) in [5, 5.41) is 0. The topological polar surface area (TPSA) is 52.6 Å². The van der Waals surface area contributed by atoms with Crippen LogP contribution in [-0.2, 0) is 14.9 Å². The average Bonchev–Trinajstić information content (AvgIpc) is 2.91. The normalized spacial score (nSPS) is 11.0. The molecule has 0 aliphatic rings. The molecule has 0 heterocycles. The molecule has 0 saturated heterocycles. The second kappa shape index (κ2) is 10.6. The van der Waals surface area contributed by atoms with Crippen molar-refractivity contribution in [2.24, 2.45) is 0 Å². The van der Waals surface area contributed by atoms with Gasteiger partial charge < -0.3 is 9.47 Å². The molecule has 34 heavy (non-hydrogen) atoms. The maximum atomic E-state index is 13.3. The molecule has 0 N–H and O–H groups in total. The summed E-state index contributed by atoms with van der Waals surface area (Å²) in [6.07, 6.45) is 0. The Balaban J connectivity index is 1.78. The minimum Gasteiger partial charge on any atom is -0.462 e. The Morgan fingerprint density at radius 1 is 0.559 bits per heavy atom. The quantitative estimate of drug-likeness (QED) is 0.242. The first-order valence-electron chi connectivity index (χ1n) is 11.3. The lowest BCUT2D eigenvalue weighted by Gasteiger charge is -2.35. The van der Waals surface area contributed by atoms with E-state index in [9.17, 15) is 9.59 Å². The zero-order valence-electron chi connectivity index (χ0n) is 19.0. The molecule has 170 valence electrons. The highest BCUT2D eigenvalue weighted by Crippen LogP contribution is 2.39. The standard InChI is InChI=1S/C30H26O4/c1-2-33-28(31)26-20-12-13-21-27(26)29(32)34-22-30(23-14-6-3-7-15-23,24-16-8-4-9-17-24)25-18-10-5-11-19-25/h3-21H,2,22H2,1H3. The van der Waals surface area contributed by atoms with Crippen LogP contribution in [0.25, 0.3) is 0 Å². The van der Waals surface area contributed by atoms with Gasteiger partial charge in [-0.15, -0.1) is 0 Å². The van der Waals surface area contributed by atoms with Crippen LogP contribution in [0.15, 0.2) is 115 Å². The fourth-order valence-corrected chi connectivity index (χ4v) is 4.22. The third-order valence-electron chi connectivity index (χ3n) is 5.86. The van der Waals surface area contributed by atoms with E-state index in [0.717, 1.165) is 16.7 Å². The first-order valence-corrected chi connectivity index (χ1v) is 11.3. The van der Waals surface area contributed by atoms with Crippen LogP contribution in [0.1, 0.15) is 44.3 Å². The fourth-order valence-electron chi connectivity index (χ4n) is 4.22. The lowest BCUT2D eigenvalue weighted by atomic mass is 9.70. The molecule has 0 amide bonds. The summed E-state index contributed by atoms with van der Waals surface area (Å²) in [4.78, 5) is 25.7. The second-order valence-corrected chi connectivity index (χ2v) is 7.85. The van der Waals surface area contributed by atoms with Gasteiger partial charge >= 0.3 is 11.9 Å². The van der Waals surface area contributed by atoms with Crippen molar-refractivity contribution in [2.75, 3.05) is 13.2 Å². The van der Waals surface area contributed by atoms with Crippen molar-refractivity contribution in [3.8, 4) is 0 Å². The van der Waals surface area contributed by atoms with Crippen LogP contribution in [-0.4, -0.2) is 25.2 Å². The molecule has 0 atom stereocenters. The smallest absolute Gasteiger partial charge is 0.339 e. The lowest BCUT2D eigenvalue weighted by molar-refractivity contribution is 0.0431. The number of rotatable bonds is 8. The van der Waals surface area contributed by atoms with Crippen molar-refractivity contribution < 1.29 is 19.1 Å². The monoisotopic (exact) mass is 450 g/mol. The van der Waals surface area contributed by atoms with Gasteiger partial charge in [-0.1, -0.05) is 103 Å². The van der Waals surface area contributed by atoms with Crippen molar-refractivity contribution in [1.82, 2.24) is 0 Å². The minimum atomic E-state index is -0.738. The summed E-state index contributed by atoms with van der Waals surface area (Å²) in [5.41, 5.74) is 2.64. The third kappa shape index (κ3) is 4.62. The Bertz CT molecular complexity index is 1140. The number of carbonyl (C=O) groups excluding carboxylic acids is 2. The molecular formula is C30H26O4. The van der Waals surface area contributed by atoms with Crippen LogP contribution in [0.4, 0.5) is 0 Å².